The zero-order chi connectivity index (χ0) is 22.5. The van der Waals surface area contributed by atoms with Crippen molar-refractivity contribution in [2.24, 2.45) is 0 Å². The van der Waals surface area contributed by atoms with Crippen LogP contribution in [0.15, 0.2) is 70.5 Å². The summed E-state index contributed by atoms with van der Waals surface area (Å²) in [6.07, 6.45) is 6.62. The first-order valence-corrected chi connectivity index (χ1v) is 10.2. The van der Waals surface area contributed by atoms with E-state index in [4.69, 9.17) is 4.52 Å². The molecule has 9 heteroatoms. The van der Waals surface area contributed by atoms with Crippen molar-refractivity contribution in [3.8, 4) is 23.0 Å². The maximum Gasteiger partial charge on any atom is 0.259 e. The number of aromatic nitrogens is 5. The van der Waals surface area contributed by atoms with Gasteiger partial charge in [-0.2, -0.15) is 4.98 Å². The van der Waals surface area contributed by atoms with E-state index >= 15 is 0 Å². The minimum absolute atomic E-state index is 0.217. The molecule has 3 aromatic heterocycles. The molecule has 0 bridgehead atoms. The van der Waals surface area contributed by atoms with E-state index in [9.17, 15) is 9.59 Å². The molecule has 1 unspecified atom stereocenters. The van der Waals surface area contributed by atoms with Gasteiger partial charge in [0, 0.05) is 31.2 Å². The molecule has 0 aliphatic heterocycles. The highest BCUT2D eigenvalue weighted by Gasteiger charge is 2.21. The first kappa shape index (κ1) is 21.1. The molecular weight excluding hydrogens is 408 g/mol. The van der Waals surface area contributed by atoms with Gasteiger partial charge in [0.2, 0.25) is 11.7 Å². The number of benzene rings is 1. The molecule has 9 nitrogen and oxygen atoms in total. The van der Waals surface area contributed by atoms with Crippen LogP contribution >= 0.6 is 0 Å². The number of carbonyl (C=O) groups is 1. The first-order chi connectivity index (χ1) is 15.5. The highest BCUT2D eigenvalue weighted by molar-refractivity contribution is 5.80. The quantitative estimate of drug-likeness (QED) is 0.479. The Kier molecular flexibility index (Phi) is 6.16. The van der Waals surface area contributed by atoms with E-state index in [1.54, 1.807) is 18.5 Å². The maximum absolute atomic E-state index is 12.9. The lowest BCUT2D eigenvalue weighted by Gasteiger charge is -2.18. The molecule has 1 aromatic carbocycles. The van der Waals surface area contributed by atoms with Gasteiger partial charge < -0.3 is 14.4 Å². The van der Waals surface area contributed by atoms with Crippen LogP contribution < -0.4 is 10.9 Å². The Morgan fingerprint density at radius 3 is 2.69 bits per heavy atom. The lowest BCUT2D eigenvalue weighted by molar-refractivity contribution is -0.124. The Morgan fingerprint density at radius 1 is 1.16 bits per heavy atom. The largest absolute Gasteiger partial charge is 0.350 e. The van der Waals surface area contributed by atoms with Crippen LogP contribution in [0, 0.1) is 6.92 Å². The molecule has 3 heterocycles. The van der Waals surface area contributed by atoms with Crippen LogP contribution in [0.3, 0.4) is 0 Å². The molecule has 162 valence electrons. The SMILES string of the molecule is CCC(C(=O)NCc1ccc(C)cc1)n1cc(-c2nc(-c3cnccn3)no2)ccc1=O. The second kappa shape index (κ2) is 9.34. The smallest absolute Gasteiger partial charge is 0.259 e. The van der Waals surface area contributed by atoms with E-state index in [1.165, 1.54) is 23.0 Å². The molecule has 0 saturated heterocycles. The van der Waals surface area contributed by atoms with Gasteiger partial charge in [0.05, 0.1) is 11.8 Å². The number of carbonyl (C=O) groups excluding carboxylic acids is 1. The molecular formula is C23H22N6O3. The van der Waals surface area contributed by atoms with Gasteiger partial charge in [-0.15, -0.1) is 0 Å². The normalized spacial score (nSPS) is 11.8. The van der Waals surface area contributed by atoms with E-state index in [0.717, 1.165) is 11.1 Å². The first-order valence-electron chi connectivity index (χ1n) is 10.2. The van der Waals surface area contributed by atoms with Gasteiger partial charge in [-0.05, 0) is 25.0 Å². The van der Waals surface area contributed by atoms with Gasteiger partial charge in [0.25, 0.3) is 11.4 Å². The number of pyridine rings is 1. The number of hydrogen-bond acceptors (Lipinski definition) is 7. The predicted octanol–water partition coefficient (Wildman–Crippen LogP) is 2.93. The highest BCUT2D eigenvalue weighted by Crippen LogP contribution is 2.21. The molecule has 1 N–H and O–H groups in total. The summed E-state index contributed by atoms with van der Waals surface area (Å²) in [5, 5.41) is 6.84. The van der Waals surface area contributed by atoms with Crippen LogP contribution in [0.4, 0.5) is 0 Å². The van der Waals surface area contributed by atoms with Crippen molar-refractivity contribution < 1.29 is 9.32 Å². The lowest BCUT2D eigenvalue weighted by atomic mass is 10.1. The van der Waals surface area contributed by atoms with E-state index in [-0.39, 0.29) is 23.2 Å². The third kappa shape index (κ3) is 4.61. The van der Waals surface area contributed by atoms with Crippen LogP contribution in [0.2, 0.25) is 0 Å². The third-order valence-electron chi connectivity index (χ3n) is 5.02. The summed E-state index contributed by atoms with van der Waals surface area (Å²) >= 11 is 0. The lowest BCUT2D eigenvalue weighted by Crippen LogP contribution is -2.36. The number of nitrogens with zero attached hydrogens (tertiary/aromatic N) is 5. The molecule has 0 spiro atoms. The Bertz CT molecular complexity index is 1260. The van der Waals surface area contributed by atoms with Gasteiger partial charge in [0.1, 0.15) is 11.7 Å². The van der Waals surface area contributed by atoms with Crippen molar-refractivity contribution in [1.82, 2.24) is 30.0 Å². The minimum atomic E-state index is -0.671. The molecule has 0 radical (unpaired) electrons. The highest BCUT2D eigenvalue weighted by atomic mass is 16.5. The Hall–Kier alpha value is -4.14. The van der Waals surface area contributed by atoms with E-state index < -0.39 is 6.04 Å². The van der Waals surface area contributed by atoms with Gasteiger partial charge >= 0.3 is 0 Å². The fraction of sp³-hybridized carbons (Fsp3) is 0.217. The monoisotopic (exact) mass is 430 g/mol. The standard InChI is InChI=1S/C23H22N6O3/c1-3-19(22(31)26-12-16-6-4-15(2)5-7-16)29-14-17(8-9-20(29)30)23-27-21(28-32-23)18-13-24-10-11-25-18/h4-11,13-14,19H,3,12H2,1-2H3,(H,26,31). The molecule has 1 atom stereocenters. The van der Waals surface area contributed by atoms with Crippen molar-refractivity contribution >= 4 is 5.91 Å². The summed E-state index contributed by atoms with van der Waals surface area (Å²) < 4.78 is 6.74. The summed E-state index contributed by atoms with van der Waals surface area (Å²) in [7, 11) is 0. The Balaban J connectivity index is 1.55. The molecule has 0 fully saturated rings. The Labute approximate surface area is 184 Å². The van der Waals surface area contributed by atoms with Crippen LogP contribution in [-0.2, 0) is 11.3 Å². The molecule has 0 aliphatic carbocycles. The summed E-state index contributed by atoms with van der Waals surface area (Å²) in [6.45, 7) is 4.25. The summed E-state index contributed by atoms with van der Waals surface area (Å²) in [4.78, 5) is 37.9. The zero-order valence-electron chi connectivity index (χ0n) is 17.7. The van der Waals surface area contributed by atoms with Gasteiger partial charge in [-0.3, -0.25) is 14.6 Å². The zero-order valence-corrected chi connectivity index (χ0v) is 17.7. The molecule has 1 amide bonds. The molecule has 0 aliphatic rings. The van der Waals surface area contributed by atoms with Gasteiger partial charge in [-0.25, -0.2) is 4.98 Å². The average Bonchev–Trinajstić information content (AvgIpc) is 3.31. The van der Waals surface area contributed by atoms with Crippen LogP contribution in [0.25, 0.3) is 23.0 Å². The van der Waals surface area contributed by atoms with Crippen LogP contribution in [0.1, 0.15) is 30.5 Å². The van der Waals surface area contributed by atoms with Crippen molar-refractivity contribution in [1.29, 1.82) is 0 Å². The van der Waals surface area contributed by atoms with E-state index in [1.807, 2.05) is 38.1 Å². The van der Waals surface area contributed by atoms with Crippen LogP contribution in [0.5, 0.6) is 0 Å². The number of rotatable bonds is 7. The Morgan fingerprint density at radius 2 is 1.97 bits per heavy atom. The fourth-order valence-electron chi connectivity index (χ4n) is 3.25. The van der Waals surface area contributed by atoms with Gasteiger partial charge in [-0.1, -0.05) is 41.9 Å². The van der Waals surface area contributed by atoms with Gasteiger partial charge in [0.15, 0.2) is 0 Å². The molecule has 32 heavy (non-hydrogen) atoms. The summed E-state index contributed by atoms with van der Waals surface area (Å²) in [5.74, 6) is 0.265. The fourth-order valence-corrected chi connectivity index (χ4v) is 3.25. The summed E-state index contributed by atoms with van der Waals surface area (Å²) in [5.41, 5.74) is 2.84. The number of nitrogens with one attached hydrogen (secondary N) is 1. The number of amides is 1. The topological polar surface area (TPSA) is 116 Å². The second-order valence-electron chi connectivity index (χ2n) is 7.30. The maximum atomic E-state index is 12.9. The van der Waals surface area contributed by atoms with Crippen molar-refractivity contribution in [3.63, 3.8) is 0 Å². The molecule has 4 rings (SSSR count). The second-order valence-corrected chi connectivity index (χ2v) is 7.30. The van der Waals surface area contributed by atoms with E-state index in [2.05, 4.69) is 25.4 Å². The van der Waals surface area contributed by atoms with E-state index in [0.29, 0.717) is 24.2 Å². The molecule has 4 aromatic rings. The number of aryl methyl sites for hydroxylation is 1. The number of hydrogen-bond donors (Lipinski definition) is 1. The summed E-state index contributed by atoms with van der Waals surface area (Å²) in [6, 6.07) is 10.2. The van der Waals surface area contributed by atoms with Crippen molar-refractivity contribution in [3.05, 3.63) is 82.7 Å². The minimum Gasteiger partial charge on any atom is -0.350 e. The average molecular weight is 430 g/mol. The van der Waals surface area contributed by atoms with Crippen molar-refractivity contribution in [2.75, 3.05) is 0 Å². The van der Waals surface area contributed by atoms with Crippen molar-refractivity contribution in [2.45, 2.75) is 32.9 Å². The molecule has 0 saturated carbocycles. The van der Waals surface area contributed by atoms with Crippen LogP contribution in [-0.4, -0.2) is 30.6 Å². The predicted molar refractivity (Wildman–Crippen MR) is 117 cm³/mol. The third-order valence-corrected chi connectivity index (χ3v) is 5.02.